The van der Waals surface area contributed by atoms with Crippen LogP contribution in [0.15, 0.2) is 0 Å². The Kier molecular flexibility index (Phi) is 7.48. The Balaban J connectivity index is 2.50. The molecule has 0 aromatic rings. The van der Waals surface area contributed by atoms with Gasteiger partial charge in [-0.15, -0.1) is 0 Å². The Morgan fingerprint density at radius 1 is 1.35 bits per heavy atom. The fraction of sp³-hybridized carbons (Fsp3) is 0.933. The van der Waals surface area contributed by atoms with Crippen LogP contribution in [0.3, 0.4) is 0 Å². The first kappa shape index (κ1) is 17.4. The van der Waals surface area contributed by atoms with Crippen molar-refractivity contribution in [3.8, 4) is 0 Å². The highest BCUT2D eigenvalue weighted by Gasteiger charge is 2.51. The van der Waals surface area contributed by atoms with Crippen molar-refractivity contribution in [2.75, 3.05) is 33.5 Å². The molecule has 1 rings (SSSR count). The Hall–Kier alpha value is -0.650. The lowest BCUT2D eigenvalue weighted by molar-refractivity contribution is -0.153. The van der Waals surface area contributed by atoms with Crippen LogP contribution in [0.2, 0.25) is 0 Å². The predicted octanol–water partition coefficient (Wildman–Crippen LogP) is 1.75. The number of esters is 1. The minimum atomic E-state index is -0.678. The summed E-state index contributed by atoms with van der Waals surface area (Å²) < 4.78 is 16.1. The van der Waals surface area contributed by atoms with Gasteiger partial charge in [-0.1, -0.05) is 6.92 Å². The normalized spacial score (nSPS) is 18.1. The van der Waals surface area contributed by atoms with Crippen LogP contribution in [-0.2, 0) is 19.0 Å². The summed E-state index contributed by atoms with van der Waals surface area (Å²) in [5.74, 6) is 0.116. The second-order valence-corrected chi connectivity index (χ2v) is 5.64. The number of nitrogens with one attached hydrogen (secondary N) is 1. The van der Waals surface area contributed by atoms with Gasteiger partial charge >= 0.3 is 5.97 Å². The summed E-state index contributed by atoms with van der Waals surface area (Å²) in [6, 6.07) is 0. The van der Waals surface area contributed by atoms with E-state index in [9.17, 15) is 4.79 Å². The number of hydrogen-bond donors (Lipinski definition) is 1. The van der Waals surface area contributed by atoms with Crippen molar-refractivity contribution in [3.05, 3.63) is 0 Å². The van der Waals surface area contributed by atoms with Crippen LogP contribution in [0.1, 0.15) is 40.0 Å². The lowest BCUT2D eigenvalue weighted by atomic mass is 9.94. The molecule has 5 nitrogen and oxygen atoms in total. The smallest absolute Gasteiger partial charge is 0.328 e. The fourth-order valence-electron chi connectivity index (χ4n) is 2.29. The third-order valence-corrected chi connectivity index (χ3v) is 3.52. The molecule has 5 heteroatoms. The van der Waals surface area contributed by atoms with E-state index >= 15 is 0 Å². The van der Waals surface area contributed by atoms with Gasteiger partial charge in [0.15, 0.2) is 0 Å². The predicted molar refractivity (Wildman–Crippen MR) is 77.7 cm³/mol. The highest BCUT2D eigenvalue weighted by molar-refractivity contribution is 5.82. The molecule has 0 heterocycles. The zero-order valence-electron chi connectivity index (χ0n) is 13.2. The molecule has 118 valence electrons. The third-order valence-electron chi connectivity index (χ3n) is 3.52. The number of carbonyl (C=O) groups excluding carboxylic acids is 1. The van der Waals surface area contributed by atoms with Gasteiger partial charge in [-0.25, -0.2) is 4.79 Å². The van der Waals surface area contributed by atoms with Crippen molar-refractivity contribution >= 4 is 5.97 Å². The summed E-state index contributed by atoms with van der Waals surface area (Å²) in [6.45, 7) is 8.25. The van der Waals surface area contributed by atoms with Crippen LogP contribution in [-0.4, -0.2) is 51.1 Å². The van der Waals surface area contributed by atoms with E-state index in [1.54, 1.807) is 0 Å². The molecule has 0 spiro atoms. The molecular formula is C15H29NO4. The van der Waals surface area contributed by atoms with E-state index in [1.807, 2.05) is 13.8 Å². The molecule has 1 saturated carbocycles. The Labute approximate surface area is 122 Å². The van der Waals surface area contributed by atoms with E-state index in [1.165, 1.54) is 7.11 Å². The van der Waals surface area contributed by atoms with Crippen molar-refractivity contribution in [1.82, 2.24) is 5.32 Å². The summed E-state index contributed by atoms with van der Waals surface area (Å²) in [5, 5.41) is 3.35. The maximum Gasteiger partial charge on any atom is 0.328 e. The topological polar surface area (TPSA) is 56.8 Å². The minimum Gasteiger partial charge on any atom is -0.468 e. The number of ether oxygens (including phenoxy) is 3. The molecule has 0 bridgehead atoms. The molecule has 20 heavy (non-hydrogen) atoms. The SMILES string of the molecule is CCCNC(COCCOC(C)C)(C(=O)OC)C1CC1. The Morgan fingerprint density at radius 3 is 2.55 bits per heavy atom. The highest BCUT2D eigenvalue weighted by atomic mass is 16.5. The molecule has 1 unspecified atom stereocenters. The molecule has 0 saturated heterocycles. The van der Waals surface area contributed by atoms with E-state index in [-0.39, 0.29) is 12.1 Å². The lowest BCUT2D eigenvalue weighted by Crippen LogP contribution is -2.58. The van der Waals surface area contributed by atoms with Gasteiger partial charge in [0.05, 0.1) is 33.0 Å². The van der Waals surface area contributed by atoms with E-state index in [0.717, 1.165) is 25.8 Å². The monoisotopic (exact) mass is 287 g/mol. The largest absolute Gasteiger partial charge is 0.468 e. The van der Waals surface area contributed by atoms with Crippen molar-refractivity contribution in [3.63, 3.8) is 0 Å². The maximum atomic E-state index is 12.2. The van der Waals surface area contributed by atoms with Crippen molar-refractivity contribution in [2.24, 2.45) is 5.92 Å². The van der Waals surface area contributed by atoms with Gasteiger partial charge in [-0.2, -0.15) is 0 Å². The molecule has 1 aliphatic rings. The van der Waals surface area contributed by atoms with Gasteiger partial charge in [0.25, 0.3) is 0 Å². The maximum absolute atomic E-state index is 12.2. The summed E-state index contributed by atoms with van der Waals surface area (Å²) in [7, 11) is 1.44. The van der Waals surface area contributed by atoms with Gasteiger partial charge in [-0.05, 0) is 45.6 Å². The van der Waals surface area contributed by atoms with Gasteiger partial charge in [0.2, 0.25) is 0 Å². The Bertz CT molecular complexity index is 292. The van der Waals surface area contributed by atoms with E-state index in [2.05, 4.69) is 12.2 Å². The van der Waals surface area contributed by atoms with Gasteiger partial charge in [-0.3, -0.25) is 5.32 Å². The molecule has 0 aromatic carbocycles. The summed E-state index contributed by atoms with van der Waals surface area (Å²) in [6.07, 6.45) is 3.28. The van der Waals surface area contributed by atoms with Crippen molar-refractivity contribution in [1.29, 1.82) is 0 Å². The summed E-state index contributed by atoms with van der Waals surface area (Å²) in [5.41, 5.74) is -0.678. The Morgan fingerprint density at radius 2 is 2.05 bits per heavy atom. The minimum absolute atomic E-state index is 0.200. The zero-order valence-corrected chi connectivity index (χ0v) is 13.2. The van der Waals surface area contributed by atoms with Crippen LogP contribution >= 0.6 is 0 Å². The molecule has 1 fully saturated rings. The second kappa shape index (κ2) is 8.60. The van der Waals surface area contributed by atoms with Crippen LogP contribution < -0.4 is 5.32 Å². The first-order valence-electron chi connectivity index (χ1n) is 7.59. The van der Waals surface area contributed by atoms with Gasteiger partial charge in [0.1, 0.15) is 5.54 Å². The average Bonchev–Trinajstić information content (AvgIpc) is 3.25. The number of hydrogen-bond acceptors (Lipinski definition) is 5. The third kappa shape index (κ3) is 5.04. The van der Waals surface area contributed by atoms with Crippen LogP contribution in [0.25, 0.3) is 0 Å². The van der Waals surface area contributed by atoms with E-state index in [0.29, 0.717) is 25.7 Å². The summed E-state index contributed by atoms with van der Waals surface area (Å²) >= 11 is 0. The second-order valence-electron chi connectivity index (χ2n) is 5.64. The summed E-state index contributed by atoms with van der Waals surface area (Å²) in [4.78, 5) is 12.2. The molecule has 0 radical (unpaired) electrons. The van der Waals surface area contributed by atoms with E-state index in [4.69, 9.17) is 14.2 Å². The standard InChI is InChI=1S/C15H29NO4/c1-5-8-16-15(13-6-7-13,14(17)18-4)11-19-9-10-20-12(2)3/h12-13,16H,5-11H2,1-4H3. The molecule has 1 aliphatic carbocycles. The number of rotatable bonds is 11. The average molecular weight is 287 g/mol. The zero-order chi connectivity index (χ0) is 15.0. The van der Waals surface area contributed by atoms with Crippen molar-refractivity contribution in [2.45, 2.75) is 51.7 Å². The van der Waals surface area contributed by atoms with E-state index < -0.39 is 5.54 Å². The highest BCUT2D eigenvalue weighted by Crippen LogP contribution is 2.40. The first-order chi connectivity index (χ1) is 9.56. The quantitative estimate of drug-likeness (QED) is 0.463. The fourth-order valence-corrected chi connectivity index (χ4v) is 2.29. The molecule has 0 aliphatic heterocycles. The van der Waals surface area contributed by atoms with Crippen LogP contribution in [0, 0.1) is 5.92 Å². The van der Waals surface area contributed by atoms with Crippen LogP contribution in [0.4, 0.5) is 0 Å². The number of methoxy groups -OCH3 is 1. The molecule has 1 atom stereocenters. The molecule has 0 aromatic heterocycles. The lowest BCUT2D eigenvalue weighted by Gasteiger charge is -2.32. The molecule has 0 amide bonds. The molecule has 1 N–H and O–H groups in total. The van der Waals surface area contributed by atoms with Gasteiger partial charge in [0, 0.05) is 0 Å². The first-order valence-corrected chi connectivity index (χ1v) is 7.59. The van der Waals surface area contributed by atoms with Gasteiger partial charge < -0.3 is 14.2 Å². The van der Waals surface area contributed by atoms with Crippen molar-refractivity contribution < 1.29 is 19.0 Å². The molecular weight excluding hydrogens is 258 g/mol. The van der Waals surface area contributed by atoms with Crippen LogP contribution in [0.5, 0.6) is 0 Å². The number of carbonyl (C=O) groups is 1.